The van der Waals surface area contributed by atoms with E-state index in [0.29, 0.717) is 40.6 Å². The van der Waals surface area contributed by atoms with Crippen LogP contribution in [-0.2, 0) is 0 Å². The van der Waals surface area contributed by atoms with Gasteiger partial charge in [0.05, 0.1) is 28.1 Å². The van der Waals surface area contributed by atoms with Crippen LogP contribution in [-0.4, -0.2) is 44.8 Å². The van der Waals surface area contributed by atoms with Crippen LogP contribution in [0.1, 0.15) is 19.8 Å². The quantitative estimate of drug-likeness (QED) is 0.852. The van der Waals surface area contributed by atoms with E-state index in [1.165, 1.54) is 10.9 Å². The summed E-state index contributed by atoms with van der Waals surface area (Å²) in [6, 6.07) is 1.47. The highest BCUT2D eigenvalue weighted by molar-refractivity contribution is 6.35. The Balaban J connectivity index is 1.73. The third kappa shape index (κ3) is 3.89. The van der Waals surface area contributed by atoms with Crippen molar-refractivity contribution in [1.29, 1.82) is 0 Å². The third-order valence-electron chi connectivity index (χ3n) is 4.46. The lowest BCUT2D eigenvalue weighted by atomic mass is 9.91. The number of likely N-dealkylation sites (tertiary alicyclic amines) is 1. The van der Waals surface area contributed by atoms with Gasteiger partial charge in [-0.15, -0.1) is 0 Å². The zero-order valence-electron chi connectivity index (χ0n) is 13.8. The molecule has 3 rings (SSSR count). The fourth-order valence-electron chi connectivity index (χ4n) is 3.14. The summed E-state index contributed by atoms with van der Waals surface area (Å²) in [5.41, 5.74) is 6.41. The summed E-state index contributed by atoms with van der Waals surface area (Å²) in [5, 5.41) is 7.89. The first-order valence-corrected chi connectivity index (χ1v) is 8.89. The van der Waals surface area contributed by atoms with Gasteiger partial charge in [-0.2, -0.15) is 5.10 Å². The van der Waals surface area contributed by atoms with Crippen LogP contribution >= 0.6 is 23.2 Å². The standard InChI is InChI=1S/C16H20Cl2N6O/c1-10-3-2-4-23(14(10)6-19)16(25)22-12-8-21-24(9-12)15-13(18)5-11(17)7-20-15/h5,7-10,14H,2-4,6,19H2,1H3,(H,22,25). The van der Waals surface area contributed by atoms with E-state index in [9.17, 15) is 4.79 Å². The van der Waals surface area contributed by atoms with Crippen LogP contribution in [0.5, 0.6) is 0 Å². The molecule has 0 radical (unpaired) electrons. The average molecular weight is 383 g/mol. The van der Waals surface area contributed by atoms with Gasteiger partial charge in [0.25, 0.3) is 0 Å². The molecule has 2 aromatic rings. The number of nitrogens with two attached hydrogens (primary N) is 1. The molecule has 7 nitrogen and oxygen atoms in total. The van der Waals surface area contributed by atoms with Crippen LogP contribution in [0.3, 0.4) is 0 Å². The number of urea groups is 1. The molecule has 2 atom stereocenters. The van der Waals surface area contributed by atoms with E-state index in [4.69, 9.17) is 28.9 Å². The molecule has 1 aliphatic rings. The molecule has 3 N–H and O–H groups in total. The van der Waals surface area contributed by atoms with Crippen molar-refractivity contribution in [2.75, 3.05) is 18.4 Å². The van der Waals surface area contributed by atoms with Gasteiger partial charge < -0.3 is 16.0 Å². The molecule has 2 aromatic heterocycles. The van der Waals surface area contributed by atoms with E-state index in [1.807, 2.05) is 0 Å². The Morgan fingerprint density at radius 1 is 1.44 bits per heavy atom. The zero-order valence-corrected chi connectivity index (χ0v) is 15.3. The summed E-state index contributed by atoms with van der Waals surface area (Å²) in [4.78, 5) is 18.6. The Labute approximate surface area is 156 Å². The number of hydrogen-bond donors (Lipinski definition) is 2. The van der Waals surface area contributed by atoms with Gasteiger partial charge in [-0.05, 0) is 24.8 Å². The minimum atomic E-state index is -0.170. The molecule has 3 heterocycles. The van der Waals surface area contributed by atoms with Crippen LogP contribution in [0.4, 0.5) is 10.5 Å². The SMILES string of the molecule is CC1CCCN(C(=O)Nc2cnn(-c3ncc(Cl)cc3Cl)c2)C1CN. The molecule has 9 heteroatoms. The number of pyridine rings is 1. The molecule has 0 aromatic carbocycles. The number of halogens is 2. The van der Waals surface area contributed by atoms with Crippen molar-refractivity contribution in [1.82, 2.24) is 19.7 Å². The van der Waals surface area contributed by atoms with Gasteiger partial charge in [0.1, 0.15) is 0 Å². The van der Waals surface area contributed by atoms with E-state index >= 15 is 0 Å². The molecule has 0 saturated carbocycles. The van der Waals surface area contributed by atoms with Gasteiger partial charge >= 0.3 is 6.03 Å². The first-order chi connectivity index (χ1) is 12.0. The molecule has 1 fully saturated rings. The van der Waals surface area contributed by atoms with Crippen LogP contribution in [0.2, 0.25) is 10.0 Å². The van der Waals surface area contributed by atoms with Crippen molar-refractivity contribution in [3.63, 3.8) is 0 Å². The number of aromatic nitrogens is 3. The van der Waals surface area contributed by atoms with Gasteiger partial charge in [-0.1, -0.05) is 30.1 Å². The van der Waals surface area contributed by atoms with Crippen molar-refractivity contribution < 1.29 is 4.79 Å². The van der Waals surface area contributed by atoms with Gasteiger partial charge in [0.2, 0.25) is 0 Å². The second kappa shape index (κ2) is 7.59. The predicted molar refractivity (Wildman–Crippen MR) is 98.3 cm³/mol. The number of amides is 2. The first kappa shape index (κ1) is 18.0. The predicted octanol–water partition coefficient (Wildman–Crippen LogP) is 3.17. The number of rotatable bonds is 3. The second-order valence-corrected chi connectivity index (χ2v) is 7.02. The maximum atomic E-state index is 12.6. The third-order valence-corrected chi connectivity index (χ3v) is 4.94. The van der Waals surface area contributed by atoms with Gasteiger partial charge in [0.15, 0.2) is 5.82 Å². The number of carbonyl (C=O) groups excluding carboxylic acids is 1. The van der Waals surface area contributed by atoms with Gasteiger partial charge in [-0.25, -0.2) is 14.5 Å². The Morgan fingerprint density at radius 3 is 2.96 bits per heavy atom. The fraction of sp³-hybridized carbons (Fsp3) is 0.438. The van der Waals surface area contributed by atoms with Crippen LogP contribution in [0.25, 0.3) is 5.82 Å². The maximum absolute atomic E-state index is 12.6. The smallest absolute Gasteiger partial charge is 0.322 e. The molecular formula is C16H20Cl2N6O. The van der Waals surface area contributed by atoms with Crippen LogP contribution in [0.15, 0.2) is 24.7 Å². The Bertz CT molecular complexity index is 765. The van der Waals surface area contributed by atoms with Crippen molar-refractivity contribution in [2.24, 2.45) is 11.7 Å². The molecule has 25 heavy (non-hydrogen) atoms. The summed E-state index contributed by atoms with van der Waals surface area (Å²) in [5.74, 6) is 0.835. The molecule has 134 valence electrons. The summed E-state index contributed by atoms with van der Waals surface area (Å²) < 4.78 is 1.49. The van der Waals surface area contributed by atoms with Crippen molar-refractivity contribution >= 4 is 34.9 Å². The van der Waals surface area contributed by atoms with Crippen LogP contribution < -0.4 is 11.1 Å². The Morgan fingerprint density at radius 2 is 2.24 bits per heavy atom. The molecule has 2 unspecified atom stereocenters. The van der Waals surface area contributed by atoms with Gasteiger partial charge in [-0.3, -0.25) is 0 Å². The van der Waals surface area contributed by atoms with Crippen molar-refractivity contribution in [3.8, 4) is 5.82 Å². The lowest BCUT2D eigenvalue weighted by Gasteiger charge is -2.39. The molecule has 1 saturated heterocycles. The highest BCUT2D eigenvalue weighted by atomic mass is 35.5. The number of piperidine rings is 1. The maximum Gasteiger partial charge on any atom is 0.322 e. The van der Waals surface area contributed by atoms with Gasteiger partial charge in [0, 0.05) is 25.3 Å². The van der Waals surface area contributed by atoms with E-state index in [2.05, 4.69) is 22.3 Å². The van der Waals surface area contributed by atoms with E-state index < -0.39 is 0 Å². The minimum Gasteiger partial charge on any atom is -0.328 e. The summed E-state index contributed by atoms with van der Waals surface area (Å²) in [6.07, 6.45) is 6.77. The summed E-state index contributed by atoms with van der Waals surface area (Å²) >= 11 is 12.0. The average Bonchev–Trinajstić information content (AvgIpc) is 3.02. The Hall–Kier alpha value is -1.83. The van der Waals surface area contributed by atoms with Crippen molar-refractivity contribution in [2.45, 2.75) is 25.8 Å². The second-order valence-electron chi connectivity index (χ2n) is 6.18. The molecule has 0 aliphatic carbocycles. The normalized spacial score (nSPS) is 20.6. The number of hydrogen-bond acceptors (Lipinski definition) is 4. The van der Waals surface area contributed by atoms with E-state index in [-0.39, 0.29) is 12.1 Å². The topological polar surface area (TPSA) is 89.1 Å². The first-order valence-electron chi connectivity index (χ1n) is 8.13. The number of anilines is 1. The van der Waals surface area contributed by atoms with Crippen LogP contribution in [0, 0.1) is 5.92 Å². The highest BCUT2D eigenvalue weighted by Crippen LogP contribution is 2.25. The monoisotopic (exact) mass is 382 g/mol. The molecule has 0 bridgehead atoms. The summed E-state index contributed by atoms with van der Waals surface area (Å²) in [7, 11) is 0. The number of nitrogens with one attached hydrogen (secondary N) is 1. The molecular weight excluding hydrogens is 363 g/mol. The lowest BCUT2D eigenvalue weighted by Crippen LogP contribution is -2.52. The zero-order chi connectivity index (χ0) is 18.0. The van der Waals surface area contributed by atoms with E-state index in [0.717, 1.165) is 12.8 Å². The number of carbonyl (C=O) groups is 1. The molecule has 1 aliphatic heterocycles. The summed E-state index contributed by atoms with van der Waals surface area (Å²) in [6.45, 7) is 3.29. The number of nitrogens with zero attached hydrogens (tertiary/aromatic N) is 4. The largest absolute Gasteiger partial charge is 0.328 e. The lowest BCUT2D eigenvalue weighted by molar-refractivity contribution is 0.133. The molecule has 0 spiro atoms. The van der Waals surface area contributed by atoms with Crippen molar-refractivity contribution in [3.05, 3.63) is 34.7 Å². The fourth-order valence-corrected chi connectivity index (χ4v) is 3.60. The Kier molecular flexibility index (Phi) is 5.46. The minimum absolute atomic E-state index is 0.0520. The van der Waals surface area contributed by atoms with E-state index in [1.54, 1.807) is 23.4 Å². The highest BCUT2D eigenvalue weighted by Gasteiger charge is 2.30. The molecule has 2 amide bonds.